The van der Waals surface area contributed by atoms with Crippen LogP contribution in [0.5, 0.6) is 11.5 Å². The second kappa shape index (κ2) is 7.88. The molecule has 0 saturated heterocycles. The van der Waals surface area contributed by atoms with E-state index in [1.807, 2.05) is 42.5 Å². The Morgan fingerprint density at radius 3 is 2.71 bits per heavy atom. The summed E-state index contributed by atoms with van der Waals surface area (Å²) in [5, 5.41) is 1.79. The van der Waals surface area contributed by atoms with Crippen LogP contribution in [0.3, 0.4) is 0 Å². The fourth-order valence-corrected chi connectivity index (χ4v) is 4.63. The molecule has 0 aliphatic carbocycles. The van der Waals surface area contributed by atoms with E-state index >= 15 is 0 Å². The Balaban J connectivity index is 1.66. The molecule has 7 nitrogen and oxygen atoms in total. The van der Waals surface area contributed by atoms with E-state index < -0.39 is 5.97 Å². The van der Waals surface area contributed by atoms with E-state index in [0.717, 1.165) is 21.0 Å². The van der Waals surface area contributed by atoms with Crippen molar-refractivity contribution in [1.29, 1.82) is 0 Å². The monoisotopic (exact) mass is 434 g/mol. The van der Waals surface area contributed by atoms with Crippen molar-refractivity contribution in [3.05, 3.63) is 65.0 Å². The summed E-state index contributed by atoms with van der Waals surface area (Å²) in [5.74, 6) is 0.443. The predicted octanol–water partition coefficient (Wildman–Crippen LogP) is 3.89. The number of hydrogen-bond donors (Lipinski definition) is 0. The number of esters is 1. The average molecular weight is 434 g/mol. The smallest absolute Gasteiger partial charge is 0.326 e. The maximum Gasteiger partial charge on any atom is 0.326 e. The first-order valence-corrected chi connectivity index (χ1v) is 10.6. The molecule has 0 N–H and O–H groups in total. The van der Waals surface area contributed by atoms with Gasteiger partial charge in [0.15, 0.2) is 16.3 Å². The van der Waals surface area contributed by atoms with E-state index in [1.54, 1.807) is 23.6 Å². The third kappa shape index (κ3) is 3.55. The topological polar surface area (TPSA) is 79.1 Å². The van der Waals surface area contributed by atoms with Gasteiger partial charge in [0, 0.05) is 17.7 Å². The number of hydrogen-bond acceptors (Lipinski definition) is 6. The lowest BCUT2D eigenvalue weighted by atomic mass is 10.0. The largest absolute Gasteiger partial charge is 0.465 e. The van der Waals surface area contributed by atoms with Crippen LogP contribution in [0.2, 0.25) is 0 Å². The van der Waals surface area contributed by atoms with Crippen LogP contribution in [0.15, 0.2) is 59.6 Å². The third-order valence-electron chi connectivity index (χ3n) is 4.99. The van der Waals surface area contributed by atoms with Crippen molar-refractivity contribution in [2.24, 2.45) is 4.99 Å². The van der Waals surface area contributed by atoms with Gasteiger partial charge in [-0.2, -0.15) is 4.99 Å². The number of carbonyl (C=O) groups is 2. The Bertz CT molecular complexity index is 1400. The number of nitrogens with zero attached hydrogens (tertiary/aromatic N) is 2. The molecule has 1 aromatic heterocycles. The van der Waals surface area contributed by atoms with Crippen LogP contribution in [0, 0.1) is 0 Å². The lowest BCUT2D eigenvalue weighted by Crippen LogP contribution is -2.23. The molecule has 0 fully saturated rings. The van der Waals surface area contributed by atoms with Gasteiger partial charge in [-0.15, -0.1) is 0 Å². The summed E-state index contributed by atoms with van der Waals surface area (Å²) in [4.78, 5) is 30.2. The van der Waals surface area contributed by atoms with E-state index in [-0.39, 0.29) is 25.9 Å². The van der Waals surface area contributed by atoms with E-state index in [1.165, 1.54) is 11.3 Å². The molecule has 31 heavy (non-hydrogen) atoms. The second-order valence-electron chi connectivity index (χ2n) is 6.89. The zero-order chi connectivity index (χ0) is 21.4. The number of amides is 1. The van der Waals surface area contributed by atoms with Crippen LogP contribution >= 0.6 is 11.3 Å². The van der Waals surface area contributed by atoms with Gasteiger partial charge in [0.05, 0.1) is 16.8 Å². The number of rotatable bonds is 4. The minimum absolute atomic E-state index is 0.0604. The molecule has 0 unspecified atom stereocenters. The molecule has 2 heterocycles. The summed E-state index contributed by atoms with van der Waals surface area (Å²) in [6.45, 7) is 2.12. The molecule has 0 radical (unpaired) electrons. The van der Waals surface area contributed by atoms with Gasteiger partial charge in [0.1, 0.15) is 6.54 Å². The zero-order valence-electron chi connectivity index (χ0n) is 16.7. The van der Waals surface area contributed by atoms with Crippen LogP contribution in [0.25, 0.3) is 21.0 Å². The maximum atomic E-state index is 13.1. The highest BCUT2D eigenvalue weighted by atomic mass is 32.1. The summed E-state index contributed by atoms with van der Waals surface area (Å²) < 4.78 is 18.6. The van der Waals surface area contributed by atoms with Gasteiger partial charge in [-0.3, -0.25) is 9.59 Å². The van der Waals surface area contributed by atoms with Crippen molar-refractivity contribution in [3.63, 3.8) is 0 Å². The first-order chi connectivity index (χ1) is 15.1. The fourth-order valence-electron chi connectivity index (χ4n) is 3.59. The Morgan fingerprint density at radius 1 is 1.10 bits per heavy atom. The van der Waals surface area contributed by atoms with Gasteiger partial charge >= 0.3 is 5.97 Å². The molecule has 8 heteroatoms. The van der Waals surface area contributed by atoms with Crippen molar-refractivity contribution >= 4 is 44.2 Å². The lowest BCUT2D eigenvalue weighted by molar-refractivity contribution is -0.143. The maximum absolute atomic E-state index is 13.1. The molecular formula is C23H18N2O5S. The Morgan fingerprint density at radius 2 is 1.87 bits per heavy atom. The van der Waals surface area contributed by atoms with Crippen LogP contribution in [-0.2, 0) is 16.1 Å². The molecule has 0 spiro atoms. The molecular weight excluding hydrogens is 416 g/mol. The van der Waals surface area contributed by atoms with Gasteiger partial charge in [0.25, 0.3) is 5.91 Å². The Hall–Kier alpha value is -3.65. The second-order valence-corrected chi connectivity index (χ2v) is 7.90. The molecule has 0 saturated carbocycles. The molecule has 156 valence electrons. The SMILES string of the molecule is CCOC(=O)Cn1c(=NC(=O)c2cccc3ccccc23)sc2cc3c(cc21)OCO3. The van der Waals surface area contributed by atoms with E-state index in [0.29, 0.717) is 21.9 Å². The zero-order valence-corrected chi connectivity index (χ0v) is 17.5. The fraction of sp³-hybridized carbons (Fsp3) is 0.174. The number of carbonyl (C=O) groups excluding carboxylic acids is 2. The molecule has 3 aromatic carbocycles. The van der Waals surface area contributed by atoms with Crippen molar-refractivity contribution in [2.45, 2.75) is 13.5 Å². The molecule has 1 aliphatic rings. The van der Waals surface area contributed by atoms with Crippen LogP contribution < -0.4 is 14.3 Å². The summed E-state index contributed by atoms with van der Waals surface area (Å²) in [5.41, 5.74) is 1.24. The molecule has 0 bridgehead atoms. The highest BCUT2D eigenvalue weighted by molar-refractivity contribution is 7.16. The van der Waals surface area contributed by atoms with E-state index in [9.17, 15) is 9.59 Å². The van der Waals surface area contributed by atoms with Crippen LogP contribution in [-0.4, -0.2) is 29.8 Å². The number of benzene rings is 3. The van der Waals surface area contributed by atoms with Crippen LogP contribution in [0.1, 0.15) is 17.3 Å². The summed E-state index contributed by atoms with van der Waals surface area (Å²) in [6, 6.07) is 16.9. The molecule has 0 atom stereocenters. The van der Waals surface area contributed by atoms with Crippen molar-refractivity contribution < 1.29 is 23.8 Å². The van der Waals surface area contributed by atoms with Crippen molar-refractivity contribution in [1.82, 2.24) is 4.57 Å². The Labute approximate surface area is 181 Å². The molecule has 5 rings (SSSR count). The first-order valence-electron chi connectivity index (χ1n) is 9.79. The number of aromatic nitrogens is 1. The van der Waals surface area contributed by atoms with Gasteiger partial charge < -0.3 is 18.8 Å². The lowest BCUT2D eigenvalue weighted by Gasteiger charge is -2.06. The normalized spacial score (nSPS) is 13.1. The van der Waals surface area contributed by atoms with Crippen LogP contribution in [0.4, 0.5) is 0 Å². The highest BCUT2D eigenvalue weighted by Crippen LogP contribution is 2.37. The van der Waals surface area contributed by atoms with Crippen molar-refractivity contribution in [3.8, 4) is 11.5 Å². The molecule has 1 amide bonds. The number of thiazole rings is 1. The predicted molar refractivity (Wildman–Crippen MR) is 116 cm³/mol. The standard InChI is InChI=1S/C23H18N2O5S/c1-2-28-21(26)12-25-17-10-18-19(30-13-29-18)11-20(17)31-23(25)24-22(27)16-9-5-7-14-6-3-4-8-15(14)16/h3-11H,2,12-13H2,1H3. The van der Waals surface area contributed by atoms with E-state index in [2.05, 4.69) is 4.99 Å². The minimum atomic E-state index is -0.404. The average Bonchev–Trinajstić information content (AvgIpc) is 3.36. The summed E-state index contributed by atoms with van der Waals surface area (Å²) in [6.07, 6.45) is 0. The minimum Gasteiger partial charge on any atom is -0.465 e. The first kappa shape index (κ1) is 19.3. The quantitative estimate of drug-likeness (QED) is 0.456. The molecule has 1 aliphatic heterocycles. The van der Waals surface area contributed by atoms with Gasteiger partial charge in [-0.25, -0.2) is 0 Å². The Kier molecular flexibility index (Phi) is 4.91. The molecule has 4 aromatic rings. The van der Waals surface area contributed by atoms with Gasteiger partial charge in [-0.05, 0) is 23.8 Å². The van der Waals surface area contributed by atoms with Crippen molar-refractivity contribution in [2.75, 3.05) is 13.4 Å². The van der Waals surface area contributed by atoms with Gasteiger partial charge in [-0.1, -0.05) is 47.7 Å². The van der Waals surface area contributed by atoms with Gasteiger partial charge in [0.2, 0.25) is 6.79 Å². The number of fused-ring (bicyclic) bond motifs is 3. The number of ether oxygens (including phenoxy) is 3. The highest BCUT2D eigenvalue weighted by Gasteiger charge is 2.20. The summed E-state index contributed by atoms with van der Waals surface area (Å²) >= 11 is 1.31. The van der Waals surface area contributed by atoms with E-state index in [4.69, 9.17) is 14.2 Å². The third-order valence-corrected chi connectivity index (χ3v) is 6.03. The summed E-state index contributed by atoms with van der Waals surface area (Å²) in [7, 11) is 0.